The summed E-state index contributed by atoms with van der Waals surface area (Å²) < 4.78 is 3.83. The molecule has 1 unspecified atom stereocenters. The maximum Gasteiger partial charge on any atom is 0.233 e. The lowest BCUT2D eigenvalue weighted by Crippen LogP contribution is -2.41. The van der Waals surface area contributed by atoms with E-state index in [1.807, 2.05) is 39.7 Å². The summed E-state index contributed by atoms with van der Waals surface area (Å²) in [5, 5.41) is 13.0. The zero-order valence-corrected chi connectivity index (χ0v) is 20.7. The number of hydrogen-bond donors (Lipinski definition) is 2. The van der Waals surface area contributed by atoms with Gasteiger partial charge in [0.2, 0.25) is 5.91 Å². The Labute approximate surface area is 214 Å². The molecule has 6 rings (SSSR count). The number of benzene rings is 1. The van der Waals surface area contributed by atoms with E-state index in [0.717, 1.165) is 59.2 Å². The largest absolute Gasteiger partial charge is 0.382 e. The number of carbonyl (C=O) groups is 1. The second-order valence-electron chi connectivity index (χ2n) is 9.56. The number of nitrogens with one attached hydrogen (secondary N) is 1. The minimum absolute atomic E-state index is 0.0260. The van der Waals surface area contributed by atoms with Gasteiger partial charge in [0, 0.05) is 42.5 Å². The fourth-order valence-electron chi connectivity index (χ4n) is 5.25. The van der Waals surface area contributed by atoms with Crippen LogP contribution >= 0.6 is 0 Å². The zero-order valence-electron chi connectivity index (χ0n) is 20.7. The number of nitrogens with two attached hydrogens (primary N) is 1. The highest BCUT2D eigenvalue weighted by molar-refractivity contribution is 5.91. The van der Waals surface area contributed by atoms with E-state index in [-0.39, 0.29) is 11.8 Å². The molecule has 1 saturated heterocycles. The topological polar surface area (TPSA) is 106 Å². The SMILES string of the molecule is CNC(=O)CN1CCCC(c2cc(-c3c#cc4cn(Cc5ccccc5)nc4c3)c3c(N)ncnn23)C1. The smallest absolute Gasteiger partial charge is 0.233 e. The number of likely N-dealkylation sites (N-methyl/N-ethyl adjacent to an activating group) is 1. The summed E-state index contributed by atoms with van der Waals surface area (Å²) in [5.74, 6) is 0.655. The summed E-state index contributed by atoms with van der Waals surface area (Å²) in [6.45, 7) is 2.77. The molecule has 1 aliphatic heterocycles. The Morgan fingerprint density at radius 3 is 2.92 bits per heavy atom. The number of amides is 1. The lowest BCUT2D eigenvalue weighted by molar-refractivity contribution is -0.122. The third-order valence-electron chi connectivity index (χ3n) is 7.06. The van der Waals surface area contributed by atoms with Gasteiger partial charge in [-0.05, 0) is 37.1 Å². The van der Waals surface area contributed by atoms with Crippen molar-refractivity contribution in [3.63, 3.8) is 0 Å². The van der Waals surface area contributed by atoms with E-state index in [1.54, 1.807) is 7.05 Å². The van der Waals surface area contributed by atoms with Crippen LogP contribution in [0.3, 0.4) is 0 Å². The molecule has 9 heteroatoms. The summed E-state index contributed by atoms with van der Waals surface area (Å²) in [5.41, 5.74) is 12.0. The first-order valence-corrected chi connectivity index (χ1v) is 12.5. The average molecular weight is 493 g/mol. The molecule has 37 heavy (non-hydrogen) atoms. The summed E-state index contributed by atoms with van der Waals surface area (Å²) in [6, 6.07) is 21.0. The Morgan fingerprint density at radius 1 is 1.22 bits per heavy atom. The third kappa shape index (κ3) is 4.47. The predicted molar refractivity (Wildman–Crippen MR) is 142 cm³/mol. The minimum Gasteiger partial charge on any atom is -0.382 e. The highest BCUT2D eigenvalue weighted by Crippen LogP contribution is 2.36. The second-order valence-corrected chi connectivity index (χ2v) is 9.56. The van der Waals surface area contributed by atoms with Crippen molar-refractivity contribution in [1.29, 1.82) is 0 Å². The Hall–Kier alpha value is -4.42. The molecular formula is C28H28N8O. The molecule has 9 nitrogen and oxygen atoms in total. The van der Waals surface area contributed by atoms with E-state index in [0.29, 0.717) is 18.9 Å². The first-order chi connectivity index (χ1) is 18.1. The number of carbonyl (C=O) groups excluding carboxylic acids is 1. The van der Waals surface area contributed by atoms with Crippen molar-refractivity contribution < 1.29 is 4.79 Å². The van der Waals surface area contributed by atoms with Crippen LogP contribution in [0.1, 0.15) is 30.0 Å². The van der Waals surface area contributed by atoms with Crippen LogP contribution in [0.2, 0.25) is 0 Å². The first-order valence-electron chi connectivity index (χ1n) is 12.5. The summed E-state index contributed by atoms with van der Waals surface area (Å²) in [6.07, 6.45) is 5.51. The highest BCUT2D eigenvalue weighted by atomic mass is 16.1. The van der Waals surface area contributed by atoms with Gasteiger partial charge in [-0.25, -0.2) is 9.50 Å². The van der Waals surface area contributed by atoms with Gasteiger partial charge in [-0.2, -0.15) is 10.2 Å². The molecule has 0 bridgehead atoms. The van der Waals surface area contributed by atoms with Gasteiger partial charge in [0.25, 0.3) is 0 Å². The number of piperidine rings is 1. The van der Waals surface area contributed by atoms with Crippen molar-refractivity contribution in [3.05, 3.63) is 78.4 Å². The van der Waals surface area contributed by atoms with Crippen LogP contribution < -0.4 is 11.1 Å². The highest BCUT2D eigenvalue weighted by Gasteiger charge is 2.27. The molecule has 186 valence electrons. The summed E-state index contributed by atoms with van der Waals surface area (Å²) in [7, 11) is 1.67. The van der Waals surface area contributed by atoms with Gasteiger partial charge in [-0.3, -0.25) is 14.4 Å². The van der Waals surface area contributed by atoms with E-state index in [2.05, 4.69) is 50.6 Å². The number of nitrogen functional groups attached to an aromatic ring is 1. The Bertz CT molecular complexity index is 1570. The molecule has 1 amide bonds. The fraction of sp³-hybridized carbons (Fsp3) is 0.286. The Balaban J connectivity index is 1.36. The lowest BCUT2D eigenvalue weighted by Gasteiger charge is -2.31. The fourth-order valence-corrected chi connectivity index (χ4v) is 5.25. The third-order valence-corrected chi connectivity index (χ3v) is 7.06. The predicted octanol–water partition coefficient (Wildman–Crippen LogP) is 2.90. The summed E-state index contributed by atoms with van der Waals surface area (Å²) >= 11 is 0. The minimum atomic E-state index is 0.0260. The maximum absolute atomic E-state index is 12.0. The molecule has 4 heterocycles. The quantitative estimate of drug-likeness (QED) is 0.378. The standard InChI is InChI=1S/C28H28N8O/c1-30-26(37)17-34-11-5-8-22(15-34)25-13-23(27-28(29)31-18-32-36(25)27)20-9-10-21-16-35(33-24(21)12-20)14-19-6-3-2-4-7-19/h2-4,6-7,12-13,16,18,22H,5,8,11,14-15,17H2,1H3,(H,30,37)(H2,29,31,32). The molecule has 0 aliphatic carbocycles. The van der Waals surface area contributed by atoms with Crippen LogP contribution in [-0.4, -0.2) is 61.9 Å². The van der Waals surface area contributed by atoms with Crippen molar-refractivity contribution in [2.75, 3.05) is 32.4 Å². The lowest BCUT2D eigenvalue weighted by atomic mass is 9.94. The number of aromatic nitrogens is 5. The normalized spacial score (nSPS) is 16.2. The average Bonchev–Trinajstić information content (AvgIpc) is 3.51. The maximum atomic E-state index is 12.0. The molecule has 1 fully saturated rings. The van der Waals surface area contributed by atoms with Crippen LogP contribution in [0.4, 0.5) is 5.82 Å². The van der Waals surface area contributed by atoms with E-state index >= 15 is 0 Å². The van der Waals surface area contributed by atoms with E-state index < -0.39 is 0 Å². The molecule has 0 spiro atoms. The molecule has 1 atom stereocenters. The second kappa shape index (κ2) is 9.56. The van der Waals surface area contributed by atoms with Crippen molar-refractivity contribution in [2.45, 2.75) is 25.3 Å². The molecule has 1 aliphatic rings. The molecule has 2 aromatic carbocycles. The summed E-state index contributed by atoms with van der Waals surface area (Å²) in [4.78, 5) is 18.4. The van der Waals surface area contributed by atoms with E-state index in [9.17, 15) is 4.79 Å². The number of hydrogen-bond acceptors (Lipinski definition) is 6. The van der Waals surface area contributed by atoms with E-state index in [4.69, 9.17) is 10.8 Å². The molecule has 5 aromatic rings. The van der Waals surface area contributed by atoms with Crippen LogP contribution in [0.15, 0.2) is 55.0 Å². The van der Waals surface area contributed by atoms with Crippen molar-refractivity contribution >= 4 is 28.1 Å². The van der Waals surface area contributed by atoms with Crippen LogP contribution in [0.25, 0.3) is 27.5 Å². The monoisotopic (exact) mass is 492 g/mol. The van der Waals surface area contributed by atoms with Gasteiger partial charge in [-0.1, -0.05) is 42.5 Å². The zero-order chi connectivity index (χ0) is 25.4. The molecule has 0 radical (unpaired) electrons. The number of fused-ring (bicyclic) bond motifs is 2. The molecule has 3 N–H and O–H groups in total. The van der Waals surface area contributed by atoms with Crippen LogP contribution in [-0.2, 0) is 11.3 Å². The number of anilines is 1. The molecule has 3 aromatic heterocycles. The van der Waals surface area contributed by atoms with Gasteiger partial charge in [-0.15, -0.1) is 0 Å². The number of rotatable bonds is 6. The van der Waals surface area contributed by atoms with Gasteiger partial charge in [0.05, 0.1) is 18.5 Å². The molecule has 0 saturated carbocycles. The van der Waals surface area contributed by atoms with Crippen molar-refractivity contribution in [1.82, 2.24) is 34.6 Å². The Kier molecular flexibility index (Phi) is 5.94. The number of likely N-dealkylation sites (tertiary alicyclic amines) is 1. The van der Waals surface area contributed by atoms with Crippen molar-refractivity contribution in [3.8, 4) is 11.1 Å². The van der Waals surface area contributed by atoms with Crippen LogP contribution in [0, 0.1) is 12.1 Å². The van der Waals surface area contributed by atoms with Gasteiger partial charge in [0.1, 0.15) is 17.4 Å². The van der Waals surface area contributed by atoms with Crippen molar-refractivity contribution in [2.24, 2.45) is 0 Å². The number of nitrogens with zero attached hydrogens (tertiary/aromatic N) is 6. The first kappa shape index (κ1) is 23.0. The Morgan fingerprint density at radius 2 is 2.08 bits per heavy atom. The van der Waals surface area contributed by atoms with E-state index in [1.165, 1.54) is 11.9 Å². The van der Waals surface area contributed by atoms with Gasteiger partial charge < -0.3 is 11.1 Å². The molecular weight excluding hydrogens is 464 g/mol. The van der Waals surface area contributed by atoms with Crippen LogP contribution in [0.5, 0.6) is 0 Å². The van der Waals surface area contributed by atoms with Gasteiger partial charge >= 0.3 is 0 Å². The van der Waals surface area contributed by atoms with Gasteiger partial charge in [0.15, 0.2) is 5.82 Å².